The van der Waals surface area contributed by atoms with Gasteiger partial charge in [-0.2, -0.15) is 4.98 Å². The van der Waals surface area contributed by atoms with E-state index in [1.807, 2.05) is 0 Å². The molecular weight excluding hydrogens is 202 g/mol. The maximum Gasteiger partial charge on any atom is 0.225 e. The van der Waals surface area contributed by atoms with Gasteiger partial charge in [0.2, 0.25) is 5.95 Å². The van der Waals surface area contributed by atoms with Crippen molar-refractivity contribution in [3.8, 4) is 0 Å². The summed E-state index contributed by atoms with van der Waals surface area (Å²) in [4.78, 5) is 8.88. The highest BCUT2D eigenvalue weighted by molar-refractivity contribution is 5.48. The van der Waals surface area contributed by atoms with Crippen LogP contribution in [0.5, 0.6) is 0 Å². The van der Waals surface area contributed by atoms with Crippen LogP contribution in [-0.4, -0.2) is 22.6 Å². The minimum atomic E-state index is 0.555. The monoisotopic (exact) mass is 219 g/mol. The Hall–Kier alpha value is -1.36. The lowest BCUT2D eigenvalue weighted by atomic mass is 9.93. The van der Waals surface area contributed by atoms with Crippen molar-refractivity contribution in [3.63, 3.8) is 0 Å². The molecule has 0 radical (unpaired) electrons. The maximum atomic E-state index is 5.95. The van der Waals surface area contributed by atoms with Crippen LogP contribution in [0.15, 0.2) is 0 Å². The molecule has 3 rings (SSSR count). The lowest BCUT2D eigenvalue weighted by Gasteiger charge is -2.27. The Morgan fingerprint density at radius 3 is 2.94 bits per heavy atom. The molecule has 1 saturated carbocycles. The van der Waals surface area contributed by atoms with Crippen molar-refractivity contribution >= 4 is 11.8 Å². The van der Waals surface area contributed by atoms with E-state index in [9.17, 15) is 0 Å². The summed E-state index contributed by atoms with van der Waals surface area (Å²) in [6.45, 7) is 1.77. The molecule has 4 N–H and O–H groups in total. The summed E-state index contributed by atoms with van der Waals surface area (Å²) in [5, 5.41) is 6.63. The van der Waals surface area contributed by atoms with E-state index in [4.69, 9.17) is 5.73 Å². The normalized spacial score (nSPS) is 20.0. The molecule has 0 bridgehead atoms. The minimum absolute atomic E-state index is 0.555. The van der Waals surface area contributed by atoms with Gasteiger partial charge >= 0.3 is 0 Å². The number of fused-ring (bicyclic) bond motifs is 1. The van der Waals surface area contributed by atoms with Crippen molar-refractivity contribution in [3.05, 3.63) is 11.3 Å². The molecule has 1 aromatic rings. The fraction of sp³-hybridized carbons (Fsp3) is 0.636. The summed E-state index contributed by atoms with van der Waals surface area (Å²) in [5.41, 5.74) is 8.13. The summed E-state index contributed by atoms with van der Waals surface area (Å²) >= 11 is 0. The number of hydrogen-bond donors (Lipinski definition) is 3. The van der Waals surface area contributed by atoms with Crippen molar-refractivity contribution in [1.29, 1.82) is 0 Å². The first-order valence-electron chi connectivity index (χ1n) is 5.95. The smallest absolute Gasteiger partial charge is 0.225 e. The first kappa shape index (κ1) is 9.84. The zero-order valence-corrected chi connectivity index (χ0v) is 9.29. The zero-order valence-electron chi connectivity index (χ0n) is 9.29. The molecule has 0 spiro atoms. The molecule has 86 valence electrons. The van der Waals surface area contributed by atoms with Crippen LogP contribution in [0, 0.1) is 0 Å². The average Bonchev–Trinajstić information content (AvgIpc) is 2.24. The quantitative estimate of drug-likeness (QED) is 0.681. The fourth-order valence-corrected chi connectivity index (χ4v) is 2.17. The Bertz CT molecular complexity index is 400. The Morgan fingerprint density at radius 2 is 2.19 bits per heavy atom. The largest absolute Gasteiger partial charge is 0.383 e. The molecule has 5 heteroatoms. The van der Waals surface area contributed by atoms with E-state index in [2.05, 4.69) is 20.6 Å². The van der Waals surface area contributed by atoms with Gasteiger partial charge in [-0.15, -0.1) is 0 Å². The Labute approximate surface area is 94.9 Å². The first-order valence-corrected chi connectivity index (χ1v) is 5.95. The summed E-state index contributed by atoms with van der Waals surface area (Å²) < 4.78 is 0. The summed E-state index contributed by atoms with van der Waals surface area (Å²) in [5.74, 6) is 1.34. The molecule has 2 heterocycles. The molecule has 1 aromatic heterocycles. The van der Waals surface area contributed by atoms with Crippen molar-refractivity contribution in [2.24, 2.45) is 0 Å². The van der Waals surface area contributed by atoms with Crippen molar-refractivity contribution in [1.82, 2.24) is 15.3 Å². The number of rotatable bonds is 2. The third-order valence-electron chi connectivity index (χ3n) is 3.40. The molecule has 16 heavy (non-hydrogen) atoms. The van der Waals surface area contributed by atoms with E-state index in [1.54, 1.807) is 0 Å². The summed E-state index contributed by atoms with van der Waals surface area (Å²) in [6, 6.07) is 0.555. The predicted molar refractivity (Wildman–Crippen MR) is 63.1 cm³/mol. The molecular formula is C11H17N5. The Kier molecular flexibility index (Phi) is 2.40. The van der Waals surface area contributed by atoms with E-state index in [-0.39, 0.29) is 0 Å². The number of nitrogen functional groups attached to an aromatic ring is 1. The molecule has 0 saturated heterocycles. The molecule has 1 fully saturated rings. The highest BCUT2D eigenvalue weighted by Gasteiger charge is 2.20. The molecule has 0 unspecified atom stereocenters. The molecule has 0 aromatic carbocycles. The topological polar surface area (TPSA) is 75.9 Å². The second kappa shape index (κ2) is 3.90. The predicted octanol–water partition coefficient (Wildman–Crippen LogP) is 0.669. The third kappa shape index (κ3) is 1.71. The number of hydrogen-bond acceptors (Lipinski definition) is 5. The second-order valence-electron chi connectivity index (χ2n) is 4.56. The summed E-state index contributed by atoms with van der Waals surface area (Å²) in [6.07, 6.45) is 4.70. The van der Waals surface area contributed by atoms with Gasteiger partial charge in [-0.25, -0.2) is 4.98 Å². The second-order valence-corrected chi connectivity index (χ2v) is 4.56. The van der Waals surface area contributed by atoms with Gasteiger partial charge in [-0.05, 0) is 19.3 Å². The van der Waals surface area contributed by atoms with Crippen LogP contribution >= 0.6 is 0 Å². The Balaban J connectivity index is 1.85. The van der Waals surface area contributed by atoms with Crippen LogP contribution in [0.3, 0.4) is 0 Å². The number of nitrogens with two attached hydrogens (primary N) is 1. The number of nitrogens with one attached hydrogen (secondary N) is 2. The van der Waals surface area contributed by atoms with Crippen LogP contribution in [0.2, 0.25) is 0 Å². The third-order valence-corrected chi connectivity index (χ3v) is 3.40. The van der Waals surface area contributed by atoms with Crippen molar-refractivity contribution < 1.29 is 0 Å². The van der Waals surface area contributed by atoms with Gasteiger partial charge in [0.05, 0.1) is 5.69 Å². The van der Waals surface area contributed by atoms with Crippen LogP contribution in [0.25, 0.3) is 0 Å². The van der Waals surface area contributed by atoms with Gasteiger partial charge in [-0.1, -0.05) is 0 Å². The molecule has 0 atom stereocenters. The first-order chi connectivity index (χ1) is 7.83. The lowest BCUT2D eigenvalue weighted by Crippen LogP contribution is -2.30. The van der Waals surface area contributed by atoms with Crippen LogP contribution in [0.1, 0.15) is 30.5 Å². The van der Waals surface area contributed by atoms with Crippen LogP contribution < -0.4 is 16.4 Å². The SMILES string of the molecule is Nc1nc(NC2CCC2)nc2c1CNCC2. The minimum Gasteiger partial charge on any atom is -0.383 e. The van der Waals surface area contributed by atoms with Gasteiger partial charge in [0.15, 0.2) is 0 Å². The molecule has 5 nitrogen and oxygen atoms in total. The van der Waals surface area contributed by atoms with Gasteiger partial charge < -0.3 is 16.4 Å². The van der Waals surface area contributed by atoms with Gasteiger partial charge in [0, 0.05) is 31.1 Å². The fourth-order valence-electron chi connectivity index (χ4n) is 2.17. The number of aromatic nitrogens is 2. The lowest BCUT2D eigenvalue weighted by molar-refractivity contribution is 0.443. The number of nitrogens with zero attached hydrogens (tertiary/aromatic N) is 2. The van der Waals surface area contributed by atoms with E-state index in [0.29, 0.717) is 17.8 Å². The Morgan fingerprint density at radius 1 is 1.31 bits per heavy atom. The molecule has 2 aliphatic rings. The van der Waals surface area contributed by atoms with Crippen molar-refractivity contribution in [2.45, 2.75) is 38.3 Å². The van der Waals surface area contributed by atoms with E-state index in [0.717, 1.165) is 30.8 Å². The van der Waals surface area contributed by atoms with Crippen LogP contribution in [0.4, 0.5) is 11.8 Å². The average molecular weight is 219 g/mol. The zero-order chi connectivity index (χ0) is 11.0. The molecule has 1 aliphatic heterocycles. The standard InChI is InChI=1S/C11H17N5/c12-10-8-6-13-5-4-9(8)15-11(16-10)14-7-2-1-3-7/h7,13H,1-6H2,(H3,12,14,15,16). The van der Waals surface area contributed by atoms with E-state index in [1.165, 1.54) is 19.3 Å². The van der Waals surface area contributed by atoms with Gasteiger partial charge in [0.1, 0.15) is 5.82 Å². The maximum absolute atomic E-state index is 5.95. The molecule has 0 amide bonds. The van der Waals surface area contributed by atoms with Crippen LogP contribution in [-0.2, 0) is 13.0 Å². The summed E-state index contributed by atoms with van der Waals surface area (Å²) in [7, 11) is 0. The van der Waals surface area contributed by atoms with Gasteiger partial charge in [0.25, 0.3) is 0 Å². The van der Waals surface area contributed by atoms with Gasteiger partial charge in [-0.3, -0.25) is 0 Å². The van der Waals surface area contributed by atoms with E-state index < -0.39 is 0 Å². The van der Waals surface area contributed by atoms with E-state index >= 15 is 0 Å². The highest BCUT2D eigenvalue weighted by Crippen LogP contribution is 2.24. The van der Waals surface area contributed by atoms with Crippen molar-refractivity contribution in [2.75, 3.05) is 17.6 Å². The number of anilines is 2. The highest BCUT2D eigenvalue weighted by atomic mass is 15.1. The molecule has 1 aliphatic carbocycles.